The van der Waals surface area contributed by atoms with Crippen molar-refractivity contribution in [3.8, 4) is 0 Å². The van der Waals surface area contributed by atoms with Gasteiger partial charge in [-0.25, -0.2) is 0 Å². The molecule has 1 aromatic carbocycles. The number of carboxylic acids is 1. The highest BCUT2D eigenvalue weighted by Crippen LogP contribution is 2.31. The van der Waals surface area contributed by atoms with Gasteiger partial charge in [0.1, 0.15) is 6.04 Å². The third-order valence-corrected chi connectivity index (χ3v) is 5.04. The predicted octanol–water partition coefficient (Wildman–Crippen LogP) is 2.51. The molecule has 1 atom stereocenters. The second-order valence-corrected chi connectivity index (χ2v) is 7.05. The van der Waals surface area contributed by atoms with Crippen LogP contribution in [-0.4, -0.2) is 39.2 Å². The zero-order valence-electron chi connectivity index (χ0n) is 15.0. The predicted molar refractivity (Wildman–Crippen MR) is 96.1 cm³/mol. The topological polar surface area (TPSA) is 57.5 Å². The van der Waals surface area contributed by atoms with Crippen LogP contribution in [0.2, 0.25) is 0 Å². The van der Waals surface area contributed by atoms with E-state index in [4.69, 9.17) is 0 Å². The van der Waals surface area contributed by atoms with Crippen LogP contribution in [-0.2, 0) is 31.4 Å². The first-order valence-corrected chi connectivity index (χ1v) is 8.70. The lowest BCUT2D eigenvalue weighted by molar-refractivity contribution is -0.139. The number of nitrogens with zero attached hydrogens (tertiary/aromatic N) is 2. The van der Waals surface area contributed by atoms with Crippen molar-refractivity contribution in [2.45, 2.75) is 52.4 Å². The molecule has 1 aromatic heterocycles. The highest BCUT2D eigenvalue weighted by molar-refractivity contribution is 5.86. The van der Waals surface area contributed by atoms with Crippen molar-refractivity contribution in [1.29, 1.82) is 0 Å². The molecule has 0 saturated heterocycles. The molecular formula is C19H27N3O2. The summed E-state index contributed by atoms with van der Waals surface area (Å²) in [5.74, 6) is -0.791. The zero-order valence-corrected chi connectivity index (χ0v) is 15.0. The molecule has 5 heteroatoms. The molecule has 1 aliphatic heterocycles. The number of nitrogens with one attached hydrogen (secondary N) is 1. The molecule has 0 bridgehead atoms. The van der Waals surface area contributed by atoms with Crippen LogP contribution < -0.4 is 5.32 Å². The number of hydrogen-bond donors (Lipinski definition) is 2. The highest BCUT2D eigenvalue weighted by Gasteiger charge is 2.24. The number of aliphatic carboxylic acids is 1. The molecule has 2 N–H and O–H groups in total. The third-order valence-electron chi connectivity index (χ3n) is 5.04. The Hall–Kier alpha value is -1.85. The summed E-state index contributed by atoms with van der Waals surface area (Å²) in [7, 11) is 2.04. The van der Waals surface area contributed by atoms with Gasteiger partial charge in [-0.3, -0.25) is 9.69 Å². The lowest BCUT2D eigenvalue weighted by Gasteiger charge is -2.18. The summed E-state index contributed by atoms with van der Waals surface area (Å²) in [5.41, 5.74) is 5.06. The minimum atomic E-state index is -0.791. The fourth-order valence-corrected chi connectivity index (χ4v) is 3.63. The van der Waals surface area contributed by atoms with Crippen molar-refractivity contribution in [3.63, 3.8) is 0 Å². The fourth-order valence-electron chi connectivity index (χ4n) is 3.63. The monoisotopic (exact) mass is 329 g/mol. The molecule has 0 radical (unpaired) electrons. The number of rotatable bonds is 6. The molecule has 1 unspecified atom stereocenters. The number of aromatic nitrogens is 1. The van der Waals surface area contributed by atoms with Crippen LogP contribution >= 0.6 is 0 Å². The van der Waals surface area contributed by atoms with Gasteiger partial charge in [-0.1, -0.05) is 6.92 Å². The van der Waals surface area contributed by atoms with Gasteiger partial charge < -0.3 is 15.0 Å². The molecule has 2 aromatic rings. The Bertz CT molecular complexity index is 764. The van der Waals surface area contributed by atoms with Gasteiger partial charge in [0.05, 0.1) is 0 Å². The van der Waals surface area contributed by atoms with Crippen LogP contribution in [0, 0.1) is 0 Å². The maximum absolute atomic E-state index is 11.5. The van der Waals surface area contributed by atoms with E-state index in [-0.39, 0.29) is 0 Å². The quantitative estimate of drug-likeness (QED) is 0.855. The summed E-state index contributed by atoms with van der Waals surface area (Å²) in [6.07, 6.45) is 2.58. The summed E-state index contributed by atoms with van der Waals surface area (Å²) in [6, 6.07) is 4.54. The summed E-state index contributed by atoms with van der Waals surface area (Å²) in [5, 5.41) is 13.7. The first-order valence-electron chi connectivity index (χ1n) is 8.70. The molecule has 0 amide bonds. The summed E-state index contributed by atoms with van der Waals surface area (Å²) >= 11 is 0. The Morgan fingerprint density at radius 3 is 2.54 bits per heavy atom. The van der Waals surface area contributed by atoms with E-state index in [9.17, 15) is 9.90 Å². The van der Waals surface area contributed by atoms with Crippen LogP contribution in [0.25, 0.3) is 10.9 Å². The van der Waals surface area contributed by atoms with E-state index in [1.807, 2.05) is 14.0 Å². The van der Waals surface area contributed by atoms with Gasteiger partial charge in [0.15, 0.2) is 0 Å². The molecule has 0 spiro atoms. The number of benzene rings is 1. The van der Waals surface area contributed by atoms with Crippen LogP contribution in [0.1, 0.15) is 37.5 Å². The SMILES string of the molecule is CCNC(Cc1cn(C)c2cc3c(cc12)CN(C(C)C)C3)C(=O)O. The van der Waals surface area contributed by atoms with Crippen molar-refractivity contribution < 1.29 is 9.90 Å². The normalized spacial score (nSPS) is 16.0. The fraction of sp³-hybridized carbons (Fsp3) is 0.526. The average Bonchev–Trinajstić information content (AvgIpc) is 3.07. The number of carboxylic acid groups (broad SMARTS) is 1. The van der Waals surface area contributed by atoms with Crippen LogP contribution in [0.4, 0.5) is 0 Å². The molecule has 0 fully saturated rings. The Morgan fingerprint density at radius 1 is 1.29 bits per heavy atom. The maximum Gasteiger partial charge on any atom is 0.321 e. The van der Waals surface area contributed by atoms with Crippen molar-refractivity contribution in [2.24, 2.45) is 7.05 Å². The lowest BCUT2D eigenvalue weighted by atomic mass is 10.0. The van der Waals surface area contributed by atoms with Crippen molar-refractivity contribution in [2.75, 3.05) is 6.54 Å². The zero-order chi connectivity index (χ0) is 17.4. The second kappa shape index (κ2) is 6.57. The smallest absolute Gasteiger partial charge is 0.321 e. The van der Waals surface area contributed by atoms with E-state index in [2.05, 4.69) is 47.0 Å². The molecule has 5 nitrogen and oxygen atoms in total. The standard InChI is InChI=1S/C19H27N3O2/c1-5-20-17(19(23)24)7-15-9-21(4)18-8-14-11-22(12(2)3)10-13(14)6-16(15)18/h6,8-9,12,17,20H,5,7,10-11H2,1-4H3,(H,23,24). The van der Waals surface area contributed by atoms with E-state index in [0.717, 1.165) is 18.7 Å². The van der Waals surface area contributed by atoms with Crippen molar-refractivity contribution in [3.05, 3.63) is 35.0 Å². The Morgan fingerprint density at radius 2 is 1.96 bits per heavy atom. The van der Waals surface area contributed by atoms with Gasteiger partial charge in [-0.2, -0.15) is 0 Å². The number of fused-ring (bicyclic) bond motifs is 2. The minimum absolute atomic E-state index is 0.507. The Balaban J connectivity index is 1.97. The first kappa shape index (κ1) is 17.0. The van der Waals surface area contributed by atoms with Crippen LogP contribution in [0.15, 0.2) is 18.3 Å². The highest BCUT2D eigenvalue weighted by atomic mass is 16.4. The van der Waals surface area contributed by atoms with Crippen LogP contribution in [0.5, 0.6) is 0 Å². The number of hydrogen-bond acceptors (Lipinski definition) is 3. The largest absolute Gasteiger partial charge is 0.480 e. The lowest BCUT2D eigenvalue weighted by Crippen LogP contribution is -2.38. The van der Waals surface area contributed by atoms with E-state index in [0.29, 0.717) is 19.0 Å². The maximum atomic E-state index is 11.5. The van der Waals surface area contributed by atoms with E-state index < -0.39 is 12.0 Å². The number of likely N-dealkylation sites (N-methyl/N-ethyl adjacent to an activating group) is 1. The van der Waals surface area contributed by atoms with Crippen molar-refractivity contribution in [1.82, 2.24) is 14.8 Å². The van der Waals surface area contributed by atoms with E-state index in [1.54, 1.807) is 0 Å². The summed E-state index contributed by atoms with van der Waals surface area (Å²) in [6.45, 7) is 9.02. The van der Waals surface area contributed by atoms with Gasteiger partial charge in [0.25, 0.3) is 0 Å². The summed E-state index contributed by atoms with van der Waals surface area (Å²) in [4.78, 5) is 13.9. The average molecular weight is 329 g/mol. The number of aryl methyl sites for hydroxylation is 1. The first-order chi connectivity index (χ1) is 11.4. The molecule has 3 rings (SSSR count). The molecule has 24 heavy (non-hydrogen) atoms. The Kier molecular flexibility index (Phi) is 4.65. The third kappa shape index (κ3) is 3.06. The molecular weight excluding hydrogens is 302 g/mol. The van der Waals surface area contributed by atoms with Gasteiger partial charge in [-0.15, -0.1) is 0 Å². The van der Waals surface area contributed by atoms with Gasteiger partial charge in [-0.05, 0) is 49.2 Å². The van der Waals surface area contributed by atoms with Gasteiger partial charge in [0.2, 0.25) is 0 Å². The molecule has 1 aliphatic rings. The van der Waals surface area contributed by atoms with Crippen LogP contribution in [0.3, 0.4) is 0 Å². The van der Waals surface area contributed by atoms with E-state index in [1.165, 1.54) is 22.0 Å². The number of carbonyl (C=O) groups is 1. The molecule has 2 heterocycles. The Labute approximate surface area is 143 Å². The van der Waals surface area contributed by atoms with E-state index >= 15 is 0 Å². The van der Waals surface area contributed by atoms with Gasteiger partial charge >= 0.3 is 5.97 Å². The second-order valence-electron chi connectivity index (χ2n) is 7.05. The molecule has 0 aliphatic carbocycles. The summed E-state index contributed by atoms with van der Waals surface area (Å²) < 4.78 is 2.12. The minimum Gasteiger partial charge on any atom is -0.480 e. The molecule has 130 valence electrons. The van der Waals surface area contributed by atoms with Gasteiger partial charge in [0, 0.05) is 49.7 Å². The van der Waals surface area contributed by atoms with Crippen molar-refractivity contribution >= 4 is 16.9 Å². The molecule has 0 saturated carbocycles.